The summed E-state index contributed by atoms with van der Waals surface area (Å²) in [6.07, 6.45) is -0.558. The smallest absolute Gasteiger partial charge is 0.276 e. The van der Waals surface area contributed by atoms with Crippen LogP contribution in [0.2, 0.25) is 0 Å². The molecular formula is C18H19BrFIN2O4. The fraction of sp³-hybridized carbons (Fsp3) is 0.278. The Balaban J connectivity index is 2.22. The van der Waals surface area contributed by atoms with Crippen molar-refractivity contribution in [3.05, 3.63) is 55.3 Å². The molecule has 2 rings (SSSR count). The van der Waals surface area contributed by atoms with Crippen molar-refractivity contribution < 1.29 is 23.9 Å². The van der Waals surface area contributed by atoms with Gasteiger partial charge in [0.25, 0.3) is 5.91 Å². The third kappa shape index (κ3) is 6.11. The standard InChI is InChI=1S/C18H19BrFIN2O4/c1-10-5-11(21)3-4-16(10)22-17-7-15(20)14(19)6-13(17)18(25)23-27-9-12(8-24)26-2/h3-7,12,22,24H,8-9H2,1-2H3,(H,23,25). The van der Waals surface area contributed by atoms with Crippen LogP contribution >= 0.6 is 38.5 Å². The first-order chi connectivity index (χ1) is 12.8. The second-order valence-corrected chi connectivity index (χ2v) is 7.78. The molecule has 0 aromatic heterocycles. The van der Waals surface area contributed by atoms with Crippen LogP contribution in [-0.4, -0.2) is 37.4 Å². The summed E-state index contributed by atoms with van der Waals surface area (Å²) in [7, 11) is 1.43. The molecule has 0 heterocycles. The largest absolute Gasteiger partial charge is 0.394 e. The van der Waals surface area contributed by atoms with E-state index in [1.807, 2.05) is 25.1 Å². The van der Waals surface area contributed by atoms with Crippen molar-refractivity contribution in [2.45, 2.75) is 13.0 Å². The summed E-state index contributed by atoms with van der Waals surface area (Å²) in [4.78, 5) is 17.6. The van der Waals surface area contributed by atoms with E-state index in [-0.39, 0.29) is 23.2 Å². The SMILES string of the molecule is COC(CO)CONC(=O)c1cc(Br)c(F)cc1Nc1ccc(I)cc1C. The van der Waals surface area contributed by atoms with Crippen molar-refractivity contribution in [2.75, 3.05) is 25.6 Å². The minimum atomic E-state index is -0.561. The molecule has 9 heteroatoms. The predicted octanol–water partition coefficient (Wildman–Crippen LogP) is 3.91. The highest BCUT2D eigenvalue weighted by Gasteiger charge is 2.17. The number of aryl methyl sites for hydroxylation is 1. The summed E-state index contributed by atoms with van der Waals surface area (Å²) in [6.45, 7) is 1.65. The number of hydrogen-bond acceptors (Lipinski definition) is 5. The van der Waals surface area contributed by atoms with Crippen LogP contribution in [-0.2, 0) is 9.57 Å². The summed E-state index contributed by atoms with van der Waals surface area (Å²) >= 11 is 5.30. The number of aliphatic hydroxyl groups excluding tert-OH is 1. The first kappa shape index (κ1) is 22.0. The Morgan fingerprint density at radius 2 is 2.07 bits per heavy atom. The molecule has 1 unspecified atom stereocenters. The van der Waals surface area contributed by atoms with Gasteiger partial charge in [-0.05, 0) is 81.3 Å². The summed E-state index contributed by atoms with van der Waals surface area (Å²) in [5.41, 5.74) is 4.49. The Morgan fingerprint density at radius 1 is 1.33 bits per heavy atom. The van der Waals surface area contributed by atoms with Crippen molar-refractivity contribution >= 4 is 55.8 Å². The lowest BCUT2D eigenvalue weighted by Gasteiger charge is -2.16. The maximum atomic E-state index is 14.0. The number of nitrogens with one attached hydrogen (secondary N) is 2. The molecule has 0 aliphatic rings. The van der Waals surface area contributed by atoms with Gasteiger partial charge in [0.2, 0.25) is 0 Å². The average Bonchev–Trinajstić information content (AvgIpc) is 2.63. The van der Waals surface area contributed by atoms with Gasteiger partial charge in [-0.25, -0.2) is 9.87 Å². The number of amides is 1. The topological polar surface area (TPSA) is 79.8 Å². The van der Waals surface area contributed by atoms with Crippen molar-refractivity contribution in [2.24, 2.45) is 0 Å². The number of anilines is 2. The van der Waals surface area contributed by atoms with E-state index < -0.39 is 17.8 Å². The zero-order valence-electron chi connectivity index (χ0n) is 14.7. The third-order valence-corrected chi connectivity index (χ3v) is 5.01. The van der Waals surface area contributed by atoms with Gasteiger partial charge in [-0.15, -0.1) is 0 Å². The van der Waals surface area contributed by atoms with Gasteiger partial charge < -0.3 is 15.2 Å². The molecule has 1 atom stereocenters. The van der Waals surface area contributed by atoms with E-state index in [9.17, 15) is 9.18 Å². The van der Waals surface area contributed by atoms with Gasteiger partial charge in [0.15, 0.2) is 0 Å². The van der Waals surface area contributed by atoms with Crippen LogP contribution in [0.3, 0.4) is 0 Å². The lowest BCUT2D eigenvalue weighted by atomic mass is 10.1. The van der Waals surface area contributed by atoms with Crippen LogP contribution in [0.4, 0.5) is 15.8 Å². The van der Waals surface area contributed by atoms with Gasteiger partial charge in [0.05, 0.1) is 22.3 Å². The second kappa shape index (κ2) is 10.3. The Bertz CT molecular complexity index is 818. The minimum Gasteiger partial charge on any atom is -0.394 e. The number of carbonyl (C=O) groups is 1. The molecule has 0 aliphatic heterocycles. The van der Waals surface area contributed by atoms with Crippen LogP contribution in [0.5, 0.6) is 0 Å². The van der Waals surface area contributed by atoms with Crippen LogP contribution < -0.4 is 10.8 Å². The molecule has 27 heavy (non-hydrogen) atoms. The van der Waals surface area contributed by atoms with Crippen molar-refractivity contribution in [3.63, 3.8) is 0 Å². The van der Waals surface area contributed by atoms with E-state index in [4.69, 9.17) is 14.7 Å². The highest BCUT2D eigenvalue weighted by Crippen LogP contribution is 2.29. The molecule has 0 bridgehead atoms. The van der Waals surface area contributed by atoms with Gasteiger partial charge in [-0.3, -0.25) is 9.63 Å². The second-order valence-electron chi connectivity index (χ2n) is 5.68. The molecule has 146 valence electrons. The lowest BCUT2D eigenvalue weighted by molar-refractivity contribution is -0.0469. The van der Waals surface area contributed by atoms with Crippen LogP contribution in [0.1, 0.15) is 15.9 Å². The number of hydroxylamine groups is 1. The maximum Gasteiger partial charge on any atom is 0.276 e. The number of carbonyl (C=O) groups excluding carboxylic acids is 1. The van der Waals surface area contributed by atoms with E-state index >= 15 is 0 Å². The molecule has 1 amide bonds. The molecule has 0 spiro atoms. The molecule has 0 saturated carbocycles. The van der Waals surface area contributed by atoms with E-state index in [2.05, 4.69) is 49.3 Å². The normalized spacial score (nSPS) is 11.9. The molecule has 2 aromatic rings. The highest BCUT2D eigenvalue weighted by molar-refractivity contribution is 14.1. The fourth-order valence-electron chi connectivity index (χ4n) is 2.20. The zero-order chi connectivity index (χ0) is 20.0. The molecule has 0 aliphatic carbocycles. The maximum absolute atomic E-state index is 14.0. The van der Waals surface area contributed by atoms with Crippen molar-refractivity contribution in [3.8, 4) is 0 Å². The Labute approximate surface area is 178 Å². The first-order valence-electron chi connectivity index (χ1n) is 7.93. The average molecular weight is 553 g/mol. The molecule has 0 radical (unpaired) electrons. The van der Waals surface area contributed by atoms with E-state index in [1.54, 1.807) is 0 Å². The highest BCUT2D eigenvalue weighted by atomic mass is 127. The molecule has 0 saturated heterocycles. The summed E-state index contributed by atoms with van der Waals surface area (Å²) in [5, 5.41) is 12.1. The fourth-order valence-corrected chi connectivity index (χ4v) is 3.19. The molecule has 6 nitrogen and oxygen atoms in total. The predicted molar refractivity (Wildman–Crippen MR) is 113 cm³/mol. The van der Waals surface area contributed by atoms with E-state index in [0.717, 1.165) is 14.8 Å². The monoisotopic (exact) mass is 552 g/mol. The first-order valence-corrected chi connectivity index (χ1v) is 9.81. The van der Waals surface area contributed by atoms with Gasteiger partial charge in [0.1, 0.15) is 18.5 Å². The van der Waals surface area contributed by atoms with Crippen LogP contribution in [0.25, 0.3) is 0 Å². The van der Waals surface area contributed by atoms with Gasteiger partial charge in [-0.1, -0.05) is 0 Å². The Morgan fingerprint density at radius 3 is 2.70 bits per heavy atom. The molecule has 0 fully saturated rings. The van der Waals surface area contributed by atoms with Gasteiger partial charge >= 0.3 is 0 Å². The summed E-state index contributed by atoms with van der Waals surface area (Å²) in [5.74, 6) is -1.06. The molecular weight excluding hydrogens is 534 g/mol. The number of ether oxygens (including phenoxy) is 1. The van der Waals surface area contributed by atoms with Gasteiger partial charge in [-0.2, -0.15) is 0 Å². The van der Waals surface area contributed by atoms with E-state index in [1.165, 1.54) is 19.2 Å². The van der Waals surface area contributed by atoms with Crippen LogP contribution in [0.15, 0.2) is 34.8 Å². The molecule has 3 N–H and O–H groups in total. The molecule has 2 aromatic carbocycles. The Kier molecular flexibility index (Phi) is 8.42. The van der Waals surface area contributed by atoms with Crippen molar-refractivity contribution in [1.29, 1.82) is 0 Å². The number of hydrogen-bond donors (Lipinski definition) is 3. The zero-order valence-corrected chi connectivity index (χ0v) is 18.4. The third-order valence-electron chi connectivity index (χ3n) is 3.73. The van der Waals surface area contributed by atoms with Crippen molar-refractivity contribution in [1.82, 2.24) is 5.48 Å². The minimum absolute atomic E-state index is 0.0277. The number of halogens is 3. The number of benzene rings is 2. The summed E-state index contributed by atoms with van der Waals surface area (Å²) < 4.78 is 20.2. The van der Waals surface area contributed by atoms with E-state index in [0.29, 0.717) is 5.69 Å². The quantitative estimate of drug-likeness (QED) is 0.342. The summed E-state index contributed by atoms with van der Waals surface area (Å²) in [6, 6.07) is 8.36. The Hall–Kier alpha value is -1.27. The number of aliphatic hydroxyl groups is 1. The number of methoxy groups -OCH3 is 1. The number of rotatable bonds is 8. The van der Waals surface area contributed by atoms with Gasteiger partial charge in [0, 0.05) is 16.4 Å². The lowest BCUT2D eigenvalue weighted by Crippen LogP contribution is -2.31. The van der Waals surface area contributed by atoms with Crippen LogP contribution in [0, 0.1) is 16.3 Å².